The fourth-order valence-electron chi connectivity index (χ4n) is 1.51. The number of anilines is 1. The van der Waals surface area contributed by atoms with Crippen molar-refractivity contribution < 1.29 is 14.3 Å². The van der Waals surface area contributed by atoms with Gasteiger partial charge < -0.3 is 15.2 Å². The van der Waals surface area contributed by atoms with Crippen LogP contribution >= 0.6 is 0 Å². The number of nitrogens with one attached hydrogen (secondary N) is 1. The van der Waals surface area contributed by atoms with Gasteiger partial charge in [-0.2, -0.15) is 0 Å². The molecule has 1 aromatic carbocycles. The van der Waals surface area contributed by atoms with Gasteiger partial charge in [-0.3, -0.25) is 5.32 Å². The summed E-state index contributed by atoms with van der Waals surface area (Å²) < 4.78 is 10.8. The first-order valence-electron chi connectivity index (χ1n) is 6.75. The molecular formula is C15H24N2O3. The summed E-state index contributed by atoms with van der Waals surface area (Å²) in [6.45, 7) is 8.54. The molecule has 0 saturated heterocycles. The second-order valence-corrected chi connectivity index (χ2v) is 5.59. The van der Waals surface area contributed by atoms with Gasteiger partial charge in [-0.1, -0.05) is 6.07 Å². The first-order chi connectivity index (χ1) is 9.31. The third kappa shape index (κ3) is 5.93. The monoisotopic (exact) mass is 280 g/mol. The molecule has 0 heterocycles. The van der Waals surface area contributed by atoms with Gasteiger partial charge in [0, 0.05) is 6.07 Å². The number of nitrogens with two attached hydrogens (primary N) is 1. The van der Waals surface area contributed by atoms with E-state index >= 15 is 0 Å². The maximum absolute atomic E-state index is 11.8. The Hall–Kier alpha value is -1.75. The summed E-state index contributed by atoms with van der Waals surface area (Å²) in [5.41, 5.74) is 6.53. The number of hydrogen-bond donors (Lipinski definition) is 2. The molecule has 0 aromatic heterocycles. The second kappa shape index (κ2) is 7.14. The first kappa shape index (κ1) is 16.3. The van der Waals surface area contributed by atoms with Crippen LogP contribution in [0.15, 0.2) is 18.2 Å². The molecule has 3 N–H and O–H groups in total. The number of amides is 1. The van der Waals surface area contributed by atoms with Crippen LogP contribution in [0.4, 0.5) is 10.5 Å². The number of aryl methyl sites for hydroxylation is 1. The molecule has 0 aliphatic carbocycles. The molecule has 0 radical (unpaired) electrons. The molecule has 0 saturated carbocycles. The fourth-order valence-corrected chi connectivity index (χ4v) is 1.51. The fraction of sp³-hybridized carbons (Fsp3) is 0.533. The second-order valence-electron chi connectivity index (χ2n) is 5.59. The minimum Gasteiger partial charge on any atom is -0.493 e. The van der Waals surface area contributed by atoms with E-state index in [1.165, 1.54) is 0 Å². The molecule has 5 heteroatoms. The Balaban J connectivity index is 2.68. The summed E-state index contributed by atoms with van der Waals surface area (Å²) in [7, 11) is 0. The number of hydrogen-bond acceptors (Lipinski definition) is 4. The minimum atomic E-state index is -0.521. The van der Waals surface area contributed by atoms with Crippen LogP contribution < -0.4 is 15.8 Å². The molecule has 1 amide bonds. The topological polar surface area (TPSA) is 73.6 Å². The normalized spacial score (nSPS) is 11.1. The van der Waals surface area contributed by atoms with E-state index in [0.29, 0.717) is 24.6 Å². The van der Waals surface area contributed by atoms with Gasteiger partial charge in [0.25, 0.3) is 0 Å². The average Bonchev–Trinajstić information content (AvgIpc) is 2.31. The molecule has 1 aromatic rings. The molecule has 0 spiro atoms. The molecule has 0 aliphatic heterocycles. The number of ether oxygens (including phenoxy) is 2. The van der Waals surface area contributed by atoms with E-state index in [1.54, 1.807) is 6.07 Å². The Morgan fingerprint density at radius 3 is 2.65 bits per heavy atom. The average molecular weight is 280 g/mol. The summed E-state index contributed by atoms with van der Waals surface area (Å²) in [4.78, 5) is 11.8. The van der Waals surface area contributed by atoms with Crippen LogP contribution in [-0.2, 0) is 4.74 Å². The van der Waals surface area contributed by atoms with Crippen molar-refractivity contribution in [3.05, 3.63) is 23.8 Å². The van der Waals surface area contributed by atoms with Crippen LogP contribution in [0.25, 0.3) is 0 Å². The summed E-state index contributed by atoms with van der Waals surface area (Å²) in [5.74, 6) is 0.704. The SMILES string of the molecule is Cc1ccc(OCCCN)cc1NC(=O)OC(C)(C)C. The number of benzene rings is 1. The third-order valence-electron chi connectivity index (χ3n) is 2.46. The summed E-state index contributed by atoms with van der Waals surface area (Å²) in [6.07, 6.45) is 0.322. The van der Waals surface area contributed by atoms with Crippen LogP contribution in [0.3, 0.4) is 0 Å². The maximum Gasteiger partial charge on any atom is 0.412 e. The van der Waals surface area contributed by atoms with Crippen LogP contribution in [-0.4, -0.2) is 24.8 Å². The Morgan fingerprint density at radius 2 is 2.05 bits per heavy atom. The lowest BCUT2D eigenvalue weighted by atomic mass is 10.2. The van der Waals surface area contributed by atoms with Gasteiger partial charge in [-0.25, -0.2) is 4.79 Å². The predicted molar refractivity (Wildman–Crippen MR) is 80.2 cm³/mol. The van der Waals surface area contributed by atoms with Crippen molar-refractivity contribution in [2.75, 3.05) is 18.5 Å². The van der Waals surface area contributed by atoms with Crippen molar-refractivity contribution >= 4 is 11.8 Å². The lowest BCUT2D eigenvalue weighted by Gasteiger charge is -2.20. The highest BCUT2D eigenvalue weighted by atomic mass is 16.6. The molecule has 0 aliphatic rings. The van der Waals surface area contributed by atoms with Crippen molar-refractivity contribution in [1.29, 1.82) is 0 Å². The van der Waals surface area contributed by atoms with Crippen LogP contribution in [0, 0.1) is 6.92 Å². The summed E-state index contributed by atoms with van der Waals surface area (Å²) in [5, 5.41) is 2.73. The van der Waals surface area contributed by atoms with Gasteiger partial charge in [0.2, 0.25) is 0 Å². The van der Waals surface area contributed by atoms with Crippen molar-refractivity contribution in [3.63, 3.8) is 0 Å². The summed E-state index contributed by atoms with van der Waals surface area (Å²) >= 11 is 0. The van der Waals surface area contributed by atoms with Gasteiger partial charge in [-0.15, -0.1) is 0 Å². The van der Waals surface area contributed by atoms with Crippen LogP contribution in [0.5, 0.6) is 5.75 Å². The largest absolute Gasteiger partial charge is 0.493 e. The molecule has 112 valence electrons. The van der Waals surface area contributed by atoms with Gasteiger partial charge in [-0.05, 0) is 52.3 Å². The van der Waals surface area contributed by atoms with E-state index in [1.807, 2.05) is 39.8 Å². The van der Waals surface area contributed by atoms with E-state index in [4.69, 9.17) is 15.2 Å². The Bertz CT molecular complexity index is 453. The van der Waals surface area contributed by atoms with Gasteiger partial charge in [0.15, 0.2) is 0 Å². The molecular weight excluding hydrogens is 256 g/mol. The maximum atomic E-state index is 11.8. The first-order valence-corrected chi connectivity index (χ1v) is 6.75. The smallest absolute Gasteiger partial charge is 0.412 e. The van der Waals surface area contributed by atoms with E-state index in [2.05, 4.69) is 5.32 Å². The molecule has 20 heavy (non-hydrogen) atoms. The van der Waals surface area contributed by atoms with Crippen LogP contribution in [0.1, 0.15) is 32.8 Å². The Morgan fingerprint density at radius 1 is 1.35 bits per heavy atom. The zero-order chi connectivity index (χ0) is 15.2. The molecule has 5 nitrogen and oxygen atoms in total. The molecule has 0 atom stereocenters. The van der Waals surface area contributed by atoms with Crippen molar-refractivity contribution in [3.8, 4) is 5.75 Å². The van der Waals surface area contributed by atoms with Crippen molar-refractivity contribution in [2.45, 2.75) is 39.7 Å². The zero-order valence-electron chi connectivity index (χ0n) is 12.7. The van der Waals surface area contributed by atoms with E-state index < -0.39 is 11.7 Å². The van der Waals surface area contributed by atoms with Gasteiger partial charge >= 0.3 is 6.09 Å². The van der Waals surface area contributed by atoms with Gasteiger partial charge in [0.1, 0.15) is 11.4 Å². The zero-order valence-corrected chi connectivity index (χ0v) is 12.7. The number of carbonyl (C=O) groups is 1. The molecule has 0 bridgehead atoms. The highest BCUT2D eigenvalue weighted by molar-refractivity contribution is 5.86. The highest BCUT2D eigenvalue weighted by Crippen LogP contribution is 2.23. The van der Waals surface area contributed by atoms with E-state index in [0.717, 1.165) is 12.0 Å². The highest BCUT2D eigenvalue weighted by Gasteiger charge is 2.16. The minimum absolute atomic E-state index is 0.472. The molecule has 0 fully saturated rings. The summed E-state index contributed by atoms with van der Waals surface area (Å²) in [6, 6.07) is 5.55. The standard InChI is InChI=1S/C15H24N2O3/c1-11-6-7-12(19-9-5-8-16)10-13(11)17-14(18)20-15(2,3)4/h6-7,10H,5,8-9,16H2,1-4H3,(H,17,18). The van der Waals surface area contributed by atoms with E-state index in [-0.39, 0.29) is 0 Å². The van der Waals surface area contributed by atoms with E-state index in [9.17, 15) is 4.79 Å². The lowest BCUT2D eigenvalue weighted by Crippen LogP contribution is -2.27. The Kier molecular flexibility index (Phi) is 5.82. The molecule has 1 rings (SSSR count). The number of rotatable bonds is 5. The lowest BCUT2D eigenvalue weighted by molar-refractivity contribution is 0.0636. The quantitative estimate of drug-likeness (QED) is 0.813. The van der Waals surface area contributed by atoms with Crippen molar-refractivity contribution in [2.24, 2.45) is 5.73 Å². The predicted octanol–water partition coefficient (Wildman–Crippen LogP) is 3.07. The number of carbonyl (C=O) groups excluding carboxylic acids is 1. The third-order valence-corrected chi connectivity index (χ3v) is 2.46. The Labute approximate surface area is 120 Å². The van der Waals surface area contributed by atoms with Crippen LogP contribution in [0.2, 0.25) is 0 Å². The molecule has 0 unspecified atom stereocenters. The van der Waals surface area contributed by atoms with Gasteiger partial charge in [0.05, 0.1) is 12.3 Å². The van der Waals surface area contributed by atoms with Crippen molar-refractivity contribution in [1.82, 2.24) is 0 Å².